The van der Waals surface area contributed by atoms with E-state index in [2.05, 4.69) is 10.1 Å². The normalized spacial score (nSPS) is 21.6. The van der Waals surface area contributed by atoms with Crippen LogP contribution >= 0.6 is 0 Å². The zero-order chi connectivity index (χ0) is 35.7. The SMILES string of the molecule is CC1(C(=O)O)COC1.CC1(CO)COC1.CC1(c2nc([C@@H]3CCCN3C(=O)C[C@H](N)Cc3cc(F)c(F)cc3F)no2)COC1.O=CO. The topological polar surface area (TPSA) is 208 Å². The predicted octanol–water partition coefficient (Wildman–Crippen LogP) is 2.22. The minimum absolute atomic E-state index is 0.0639. The number of amides is 1. The van der Waals surface area contributed by atoms with Gasteiger partial charge in [-0.05, 0) is 44.7 Å². The second-order valence-corrected chi connectivity index (χ2v) is 13.2. The maximum atomic E-state index is 13.9. The number of carboxylic acids is 1. The summed E-state index contributed by atoms with van der Waals surface area (Å²) in [6.07, 6.45) is 1.34. The van der Waals surface area contributed by atoms with Crippen molar-refractivity contribution in [1.29, 1.82) is 0 Å². The lowest BCUT2D eigenvalue weighted by molar-refractivity contribution is -0.175. The molecule has 14 nitrogen and oxygen atoms in total. The van der Waals surface area contributed by atoms with Crippen molar-refractivity contribution in [1.82, 2.24) is 15.0 Å². The van der Waals surface area contributed by atoms with Crippen LogP contribution in [0.2, 0.25) is 0 Å². The lowest BCUT2D eigenvalue weighted by Crippen LogP contribution is -2.46. The summed E-state index contributed by atoms with van der Waals surface area (Å²) in [7, 11) is 0. The van der Waals surface area contributed by atoms with Gasteiger partial charge in [-0.25, -0.2) is 13.2 Å². The molecule has 1 aromatic heterocycles. The fraction of sp³-hybridized carbons (Fsp3) is 0.645. The van der Waals surface area contributed by atoms with Crippen molar-refractivity contribution in [2.24, 2.45) is 16.6 Å². The summed E-state index contributed by atoms with van der Waals surface area (Å²) in [6, 6.07) is 0.202. The number of aliphatic hydroxyl groups is 1. The van der Waals surface area contributed by atoms with Gasteiger partial charge in [-0.3, -0.25) is 14.4 Å². The first-order chi connectivity index (χ1) is 22.6. The number of aromatic nitrogens is 2. The summed E-state index contributed by atoms with van der Waals surface area (Å²) in [5.41, 5.74) is 5.16. The Labute approximate surface area is 275 Å². The quantitative estimate of drug-likeness (QED) is 0.232. The van der Waals surface area contributed by atoms with Crippen LogP contribution in [0, 0.1) is 28.3 Å². The van der Waals surface area contributed by atoms with Crippen LogP contribution in [0.4, 0.5) is 13.2 Å². The van der Waals surface area contributed by atoms with Crippen molar-refractivity contribution in [3.63, 3.8) is 0 Å². The number of benzene rings is 1. The highest BCUT2D eigenvalue weighted by Crippen LogP contribution is 2.35. The summed E-state index contributed by atoms with van der Waals surface area (Å²) in [5, 5.41) is 27.9. The molecule has 48 heavy (non-hydrogen) atoms. The molecular weight excluding hydrogens is 645 g/mol. The van der Waals surface area contributed by atoms with Gasteiger partial charge in [0.2, 0.25) is 11.8 Å². The maximum absolute atomic E-state index is 13.9. The van der Waals surface area contributed by atoms with E-state index in [-0.39, 0.29) is 54.3 Å². The fourth-order valence-corrected chi connectivity index (χ4v) is 4.97. The molecule has 0 radical (unpaired) electrons. The first-order valence-electron chi connectivity index (χ1n) is 15.3. The number of hydrogen-bond donors (Lipinski definition) is 4. The summed E-state index contributed by atoms with van der Waals surface area (Å²) in [4.78, 5) is 37.5. The first-order valence-corrected chi connectivity index (χ1v) is 15.3. The molecule has 5 heterocycles. The Morgan fingerprint density at radius 2 is 1.62 bits per heavy atom. The molecule has 17 heteroatoms. The number of carbonyl (C=O) groups excluding carboxylic acids is 1. The summed E-state index contributed by atoms with van der Waals surface area (Å²) in [6.45, 7) is 9.40. The average Bonchev–Trinajstić information content (AvgIpc) is 3.68. The number of aliphatic carboxylic acids is 1. The van der Waals surface area contributed by atoms with Crippen LogP contribution in [0.3, 0.4) is 0 Å². The van der Waals surface area contributed by atoms with Crippen LogP contribution in [-0.4, -0.2) is 108 Å². The van der Waals surface area contributed by atoms with E-state index in [4.69, 9.17) is 44.6 Å². The molecule has 2 atom stereocenters. The van der Waals surface area contributed by atoms with Gasteiger partial charge in [0.1, 0.15) is 11.2 Å². The number of nitrogens with zero attached hydrogens (tertiary/aromatic N) is 3. The van der Waals surface area contributed by atoms with Crippen LogP contribution in [-0.2, 0) is 40.4 Å². The van der Waals surface area contributed by atoms with E-state index in [1.54, 1.807) is 11.8 Å². The molecule has 4 aliphatic rings. The number of carboxylic acid groups (broad SMARTS) is 2. The van der Waals surface area contributed by atoms with Gasteiger partial charge in [0.15, 0.2) is 17.5 Å². The third-order valence-corrected chi connectivity index (χ3v) is 8.32. The van der Waals surface area contributed by atoms with Crippen LogP contribution < -0.4 is 5.73 Å². The molecule has 6 rings (SSSR count). The van der Waals surface area contributed by atoms with Crippen molar-refractivity contribution >= 4 is 18.3 Å². The molecule has 1 amide bonds. The Hall–Kier alpha value is -3.64. The number of likely N-dealkylation sites (tertiary alicyclic amines) is 1. The number of nitrogens with two attached hydrogens (primary N) is 1. The number of aliphatic hydroxyl groups excluding tert-OH is 1. The number of ether oxygens (including phenoxy) is 3. The third-order valence-electron chi connectivity index (χ3n) is 8.32. The minimum Gasteiger partial charge on any atom is -0.483 e. The van der Waals surface area contributed by atoms with E-state index in [9.17, 15) is 22.8 Å². The average molecular weight is 689 g/mol. The van der Waals surface area contributed by atoms with Crippen LogP contribution in [0.25, 0.3) is 0 Å². The predicted molar refractivity (Wildman–Crippen MR) is 160 cm³/mol. The standard InChI is InChI=1S/C20H23F3N4O3.C5H8O3.C5H10O2.CH2O2/c1-20(9-29-10-20)19-25-18(26-30-19)16-3-2-4-27(16)17(28)7-12(24)5-11-6-14(22)15(23)8-13(11)21;1-5(4(6)7)2-8-3-5;1-5(2-6)3-7-4-5;2-1-3/h6,8,12,16H,2-5,7,9-10,24H2,1H3;2-3H2,1H3,(H,6,7);6H,2-4H2,1H3;1H,(H,2,3)/t12-,16+;;;/m1.../s1. The second kappa shape index (κ2) is 16.6. The number of hydrogen-bond acceptors (Lipinski definition) is 11. The van der Waals surface area contributed by atoms with E-state index in [1.165, 1.54) is 0 Å². The lowest BCUT2D eigenvalue weighted by atomic mass is 9.89. The molecular formula is C31H43F3N4O10. The number of carbonyl (C=O) groups is 3. The summed E-state index contributed by atoms with van der Waals surface area (Å²) in [5.74, 6) is -3.34. The molecule has 2 aromatic rings. The Morgan fingerprint density at radius 3 is 2.06 bits per heavy atom. The molecule has 268 valence electrons. The van der Waals surface area contributed by atoms with Gasteiger partial charge in [-0.2, -0.15) is 4.98 Å². The molecule has 0 spiro atoms. The molecule has 4 fully saturated rings. The highest BCUT2D eigenvalue weighted by atomic mass is 19.2. The van der Waals surface area contributed by atoms with Gasteiger partial charge < -0.3 is 44.7 Å². The van der Waals surface area contributed by atoms with Crippen molar-refractivity contribution in [2.75, 3.05) is 52.8 Å². The molecule has 1 aromatic carbocycles. The van der Waals surface area contributed by atoms with Crippen LogP contribution in [0.5, 0.6) is 0 Å². The van der Waals surface area contributed by atoms with Gasteiger partial charge in [0.05, 0.1) is 57.7 Å². The molecule has 0 bridgehead atoms. The zero-order valence-electron chi connectivity index (χ0n) is 27.1. The van der Waals surface area contributed by atoms with Crippen molar-refractivity contribution < 1.29 is 61.6 Å². The van der Waals surface area contributed by atoms with Gasteiger partial charge in [-0.15, -0.1) is 0 Å². The molecule has 0 saturated carbocycles. The second-order valence-electron chi connectivity index (χ2n) is 13.2. The Morgan fingerprint density at radius 1 is 1.04 bits per heavy atom. The number of rotatable bonds is 8. The van der Waals surface area contributed by atoms with Gasteiger partial charge in [-0.1, -0.05) is 12.1 Å². The van der Waals surface area contributed by atoms with Gasteiger partial charge in [0.25, 0.3) is 6.47 Å². The number of halogens is 3. The monoisotopic (exact) mass is 688 g/mol. The molecule has 0 unspecified atom stereocenters. The minimum atomic E-state index is -1.26. The van der Waals surface area contributed by atoms with Crippen molar-refractivity contribution in [3.05, 3.63) is 46.9 Å². The Balaban J connectivity index is 0.000000281. The van der Waals surface area contributed by atoms with Crippen molar-refractivity contribution in [2.45, 2.75) is 64.0 Å². The molecule has 5 N–H and O–H groups in total. The van der Waals surface area contributed by atoms with Gasteiger partial charge >= 0.3 is 5.97 Å². The van der Waals surface area contributed by atoms with E-state index in [1.807, 2.05) is 13.8 Å². The van der Waals surface area contributed by atoms with Crippen LogP contribution in [0.1, 0.15) is 63.4 Å². The Bertz CT molecular complexity index is 1390. The van der Waals surface area contributed by atoms with Gasteiger partial charge in [0, 0.05) is 30.5 Å². The van der Waals surface area contributed by atoms with E-state index >= 15 is 0 Å². The van der Waals surface area contributed by atoms with E-state index < -0.39 is 34.9 Å². The maximum Gasteiger partial charge on any atom is 0.314 e. The van der Waals surface area contributed by atoms with Crippen molar-refractivity contribution in [3.8, 4) is 0 Å². The summed E-state index contributed by atoms with van der Waals surface area (Å²) < 4.78 is 60.5. The largest absolute Gasteiger partial charge is 0.483 e. The van der Waals surface area contributed by atoms with E-state index in [0.717, 1.165) is 25.7 Å². The third kappa shape index (κ3) is 9.72. The highest BCUT2D eigenvalue weighted by Gasteiger charge is 2.43. The smallest absolute Gasteiger partial charge is 0.314 e. The molecule has 4 aliphatic heterocycles. The molecule has 0 aliphatic carbocycles. The fourth-order valence-electron chi connectivity index (χ4n) is 4.97. The highest BCUT2D eigenvalue weighted by molar-refractivity contribution is 5.77. The summed E-state index contributed by atoms with van der Waals surface area (Å²) >= 11 is 0. The molecule has 4 saturated heterocycles. The van der Waals surface area contributed by atoms with Crippen LogP contribution in [0.15, 0.2) is 16.7 Å². The lowest BCUT2D eigenvalue weighted by Gasteiger charge is -2.35. The van der Waals surface area contributed by atoms with E-state index in [0.29, 0.717) is 57.2 Å². The Kier molecular flexibility index (Phi) is 13.5. The zero-order valence-corrected chi connectivity index (χ0v) is 27.1. The first kappa shape index (κ1) is 38.8.